The first-order valence-electron chi connectivity index (χ1n) is 11.8. The molecule has 2 aliphatic rings. The van der Waals surface area contributed by atoms with Gasteiger partial charge in [0.25, 0.3) is 11.8 Å². The number of morpholine rings is 1. The Morgan fingerprint density at radius 2 is 2.15 bits per heavy atom. The molecule has 1 saturated carbocycles. The quantitative estimate of drug-likeness (QED) is 0.388. The third-order valence-corrected chi connectivity index (χ3v) is 6.30. The van der Waals surface area contributed by atoms with Crippen LogP contribution in [-0.2, 0) is 27.3 Å². The summed E-state index contributed by atoms with van der Waals surface area (Å²) in [6, 6.07) is 5.13. The van der Waals surface area contributed by atoms with Crippen LogP contribution in [0, 0.1) is 11.7 Å². The molecule has 33 heavy (non-hydrogen) atoms. The first-order valence-corrected chi connectivity index (χ1v) is 11.8. The van der Waals surface area contributed by atoms with Gasteiger partial charge in [-0.3, -0.25) is 14.9 Å². The molecule has 178 valence electrons. The van der Waals surface area contributed by atoms with E-state index >= 15 is 0 Å². The number of nitrogens with one attached hydrogen (secondary N) is 1. The van der Waals surface area contributed by atoms with Gasteiger partial charge in [-0.15, -0.1) is 5.10 Å². The van der Waals surface area contributed by atoms with E-state index < -0.39 is 6.10 Å². The molecule has 1 aliphatic heterocycles. The lowest BCUT2D eigenvalue weighted by atomic mass is 9.96. The standard InChI is InChI=1S/C24H31FN4O4/c1-2-17(18-9-10-20(25)22(11-18)32-14-16-7-8-16)13-29-19(12-26-28-29)5-3-4-6-21-24(31)27-23(30)15-33-21/h9-12,16-17,21H,2-8,13-15H2,1H3,(H,27,30,31). The van der Waals surface area contributed by atoms with E-state index in [9.17, 15) is 14.0 Å². The zero-order valence-electron chi connectivity index (χ0n) is 19.0. The maximum Gasteiger partial charge on any atom is 0.255 e. The minimum absolute atomic E-state index is 0.0672. The molecule has 0 bridgehead atoms. The summed E-state index contributed by atoms with van der Waals surface area (Å²) in [6.45, 7) is 3.27. The van der Waals surface area contributed by atoms with Gasteiger partial charge in [0, 0.05) is 12.5 Å². The molecule has 2 amide bonds. The second-order valence-electron chi connectivity index (χ2n) is 8.91. The van der Waals surface area contributed by atoms with Crippen molar-refractivity contribution in [1.82, 2.24) is 20.3 Å². The molecule has 2 atom stereocenters. The number of unbranched alkanes of at least 4 members (excludes halogenated alkanes) is 1. The molecule has 1 aromatic heterocycles. The SMILES string of the molecule is CCC(Cn1nncc1CCCCC1OCC(=O)NC1=O)c1ccc(F)c(OCC2CC2)c1. The predicted molar refractivity (Wildman–Crippen MR) is 118 cm³/mol. The number of amides is 2. The van der Waals surface area contributed by atoms with E-state index in [1.54, 1.807) is 6.20 Å². The molecular weight excluding hydrogens is 427 g/mol. The van der Waals surface area contributed by atoms with Gasteiger partial charge in [-0.1, -0.05) is 18.2 Å². The molecular formula is C24H31FN4O4. The maximum atomic E-state index is 14.2. The number of imide groups is 1. The zero-order valence-corrected chi connectivity index (χ0v) is 19.0. The lowest BCUT2D eigenvalue weighted by Crippen LogP contribution is -2.48. The Morgan fingerprint density at radius 1 is 1.30 bits per heavy atom. The number of carbonyl (C=O) groups is 2. The predicted octanol–water partition coefficient (Wildman–Crippen LogP) is 3.15. The van der Waals surface area contributed by atoms with Crippen molar-refractivity contribution in [3.8, 4) is 5.75 Å². The number of aromatic nitrogens is 3. The van der Waals surface area contributed by atoms with Crippen LogP contribution in [0.4, 0.5) is 4.39 Å². The molecule has 1 aliphatic carbocycles. The first-order chi connectivity index (χ1) is 16.0. The number of aryl methyl sites for hydroxylation is 1. The van der Waals surface area contributed by atoms with E-state index in [-0.39, 0.29) is 30.2 Å². The van der Waals surface area contributed by atoms with Crippen molar-refractivity contribution in [2.24, 2.45) is 5.92 Å². The van der Waals surface area contributed by atoms with Gasteiger partial charge < -0.3 is 9.47 Å². The highest BCUT2D eigenvalue weighted by Crippen LogP contribution is 2.32. The summed E-state index contributed by atoms with van der Waals surface area (Å²) in [5, 5.41) is 10.6. The van der Waals surface area contributed by atoms with E-state index in [0.29, 0.717) is 31.2 Å². The van der Waals surface area contributed by atoms with Crippen LogP contribution in [0.15, 0.2) is 24.4 Å². The van der Waals surface area contributed by atoms with Crippen LogP contribution in [-0.4, -0.2) is 46.1 Å². The molecule has 1 aromatic carbocycles. The molecule has 2 heterocycles. The van der Waals surface area contributed by atoms with Crippen LogP contribution in [0.25, 0.3) is 0 Å². The van der Waals surface area contributed by atoms with E-state index in [1.807, 2.05) is 16.8 Å². The Labute approximate surface area is 192 Å². The molecule has 2 fully saturated rings. The second kappa shape index (κ2) is 10.9. The van der Waals surface area contributed by atoms with Crippen LogP contribution < -0.4 is 10.1 Å². The molecule has 8 nitrogen and oxygen atoms in total. The third kappa shape index (κ3) is 6.37. The summed E-state index contributed by atoms with van der Waals surface area (Å²) in [7, 11) is 0. The largest absolute Gasteiger partial charge is 0.490 e. The highest BCUT2D eigenvalue weighted by molar-refractivity contribution is 5.99. The first kappa shape index (κ1) is 23.4. The number of benzene rings is 1. The molecule has 0 radical (unpaired) electrons. The molecule has 1 saturated heterocycles. The fourth-order valence-electron chi connectivity index (χ4n) is 4.04. The minimum Gasteiger partial charge on any atom is -0.490 e. The fourth-order valence-corrected chi connectivity index (χ4v) is 4.04. The van der Waals surface area contributed by atoms with Crippen LogP contribution >= 0.6 is 0 Å². The lowest BCUT2D eigenvalue weighted by molar-refractivity contribution is -0.150. The summed E-state index contributed by atoms with van der Waals surface area (Å²) in [5.74, 6) is -0.0218. The lowest BCUT2D eigenvalue weighted by Gasteiger charge is -2.21. The molecule has 2 unspecified atom stereocenters. The monoisotopic (exact) mass is 458 g/mol. The van der Waals surface area contributed by atoms with E-state index in [2.05, 4.69) is 22.6 Å². The van der Waals surface area contributed by atoms with Crippen molar-refractivity contribution in [2.75, 3.05) is 13.2 Å². The Kier molecular flexibility index (Phi) is 7.69. The molecule has 4 rings (SSSR count). The number of ether oxygens (including phenoxy) is 2. The van der Waals surface area contributed by atoms with Gasteiger partial charge in [0.2, 0.25) is 0 Å². The number of nitrogens with zero attached hydrogens (tertiary/aromatic N) is 3. The minimum atomic E-state index is -0.565. The van der Waals surface area contributed by atoms with Gasteiger partial charge in [0.05, 0.1) is 18.5 Å². The van der Waals surface area contributed by atoms with Gasteiger partial charge in [0.1, 0.15) is 12.7 Å². The van der Waals surface area contributed by atoms with Crippen LogP contribution in [0.2, 0.25) is 0 Å². The van der Waals surface area contributed by atoms with Crippen LogP contribution in [0.1, 0.15) is 62.6 Å². The fraction of sp³-hybridized carbons (Fsp3) is 0.583. The summed E-state index contributed by atoms with van der Waals surface area (Å²) in [6.07, 6.45) is 7.38. The van der Waals surface area contributed by atoms with Gasteiger partial charge in [0.15, 0.2) is 11.6 Å². The molecule has 9 heteroatoms. The molecule has 1 N–H and O–H groups in total. The van der Waals surface area contributed by atoms with Gasteiger partial charge >= 0.3 is 0 Å². The third-order valence-electron chi connectivity index (χ3n) is 6.30. The van der Waals surface area contributed by atoms with Crippen molar-refractivity contribution in [3.05, 3.63) is 41.5 Å². The normalized spacial score (nSPS) is 19.4. The maximum absolute atomic E-state index is 14.2. The Balaban J connectivity index is 1.30. The van der Waals surface area contributed by atoms with Crippen LogP contribution in [0.3, 0.4) is 0 Å². The van der Waals surface area contributed by atoms with E-state index in [0.717, 1.165) is 49.8 Å². The number of halogens is 1. The van der Waals surface area contributed by atoms with Gasteiger partial charge in [-0.2, -0.15) is 0 Å². The molecule has 0 spiro atoms. The topological polar surface area (TPSA) is 95.3 Å². The zero-order chi connectivity index (χ0) is 23.2. The highest BCUT2D eigenvalue weighted by Gasteiger charge is 2.27. The average Bonchev–Trinajstić information content (AvgIpc) is 3.53. The van der Waals surface area contributed by atoms with Crippen molar-refractivity contribution in [3.63, 3.8) is 0 Å². The van der Waals surface area contributed by atoms with Crippen molar-refractivity contribution in [1.29, 1.82) is 0 Å². The van der Waals surface area contributed by atoms with Crippen LogP contribution in [0.5, 0.6) is 5.75 Å². The highest BCUT2D eigenvalue weighted by atomic mass is 19.1. The van der Waals surface area contributed by atoms with E-state index in [1.165, 1.54) is 6.07 Å². The number of rotatable bonds is 12. The Morgan fingerprint density at radius 3 is 2.91 bits per heavy atom. The summed E-state index contributed by atoms with van der Waals surface area (Å²) in [5.41, 5.74) is 2.05. The second-order valence-corrected chi connectivity index (χ2v) is 8.91. The Bertz CT molecular complexity index is 975. The number of carbonyl (C=O) groups excluding carboxylic acids is 2. The van der Waals surface area contributed by atoms with Gasteiger partial charge in [-0.05, 0) is 68.6 Å². The Hall–Kier alpha value is -2.81. The number of hydrogen-bond acceptors (Lipinski definition) is 6. The van der Waals surface area contributed by atoms with E-state index in [4.69, 9.17) is 9.47 Å². The summed E-state index contributed by atoms with van der Waals surface area (Å²) < 4.78 is 27.1. The smallest absolute Gasteiger partial charge is 0.255 e. The van der Waals surface area contributed by atoms with Crippen molar-refractivity contribution in [2.45, 2.75) is 70.4 Å². The number of hydrogen-bond donors (Lipinski definition) is 1. The average molecular weight is 459 g/mol. The summed E-state index contributed by atoms with van der Waals surface area (Å²) in [4.78, 5) is 22.9. The van der Waals surface area contributed by atoms with Crippen molar-refractivity contribution >= 4 is 11.8 Å². The summed E-state index contributed by atoms with van der Waals surface area (Å²) >= 11 is 0. The van der Waals surface area contributed by atoms with Gasteiger partial charge in [-0.25, -0.2) is 9.07 Å². The molecule has 2 aromatic rings. The van der Waals surface area contributed by atoms with Crippen molar-refractivity contribution < 1.29 is 23.5 Å².